The van der Waals surface area contributed by atoms with Crippen molar-refractivity contribution >= 4 is 26.8 Å². The maximum atomic E-state index is 4.37. The lowest BCUT2D eigenvalue weighted by Crippen LogP contribution is -2.12. The average molecular weight is 280 g/mol. The molecule has 0 bridgehead atoms. The second kappa shape index (κ2) is 3.86. The van der Waals surface area contributed by atoms with Gasteiger partial charge >= 0.3 is 0 Å². The lowest BCUT2D eigenvalue weighted by Gasteiger charge is -2.10. The van der Waals surface area contributed by atoms with E-state index in [1.165, 1.54) is 29.3 Å². The molecule has 1 aromatic heterocycles. The van der Waals surface area contributed by atoms with Crippen LogP contribution < -0.4 is 5.32 Å². The lowest BCUT2D eigenvalue weighted by atomic mass is 10.0. The maximum Gasteiger partial charge on any atom is 0.135 e. The molecule has 1 fully saturated rings. The second-order valence-electron chi connectivity index (χ2n) is 4.34. The fraction of sp³-hybridized carbons (Fsp3) is 0.417. The van der Waals surface area contributed by atoms with Crippen LogP contribution in [0.3, 0.4) is 0 Å². The lowest BCUT2D eigenvalue weighted by molar-refractivity contribution is 0.648. The van der Waals surface area contributed by atoms with Crippen molar-refractivity contribution in [1.29, 1.82) is 0 Å². The van der Waals surface area contributed by atoms with Gasteiger partial charge < -0.3 is 5.32 Å². The highest BCUT2D eigenvalue weighted by atomic mass is 79.9. The molecular formula is C12H14BrN3. The van der Waals surface area contributed by atoms with Gasteiger partial charge in [0, 0.05) is 18.5 Å². The highest BCUT2D eigenvalue weighted by Crippen LogP contribution is 2.29. The van der Waals surface area contributed by atoms with Crippen LogP contribution in [0.15, 0.2) is 22.8 Å². The monoisotopic (exact) mass is 279 g/mol. The second-order valence-corrected chi connectivity index (χ2v) is 5.09. The quantitative estimate of drug-likeness (QED) is 0.870. The molecule has 0 saturated carbocycles. The van der Waals surface area contributed by atoms with Crippen molar-refractivity contribution in [2.75, 3.05) is 6.54 Å². The Morgan fingerprint density at radius 3 is 3.12 bits per heavy atom. The zero-order chi connectivity index (χ0) is 11.1. The summed E-state index contributed by atoms with van der Waals surface area (Å²) in [6, 6.07) is 7.13. The van der Waals surface area contributed by atoms with Crippen LogP contribution >= 0.6 is 15.9 Å². The fourth-order valence-corrected chi connectivity index (χ4v) is 2.98. The van der Waals surface area contributed by atoms with Crippen molar-refractivity contribution in [2.24, 2.45) is 7.05 Å². The molecule has 2 heterocycles. The van der Waals surface area contributed by atoms with Crippen LogP contribution in [0.4, 0.5) is 0 Å². The summed E-state index contributed by atoms with van der Waals surface area (Å²) in [5.41, 5.74) is 2.55. The van der Waals surface area contributed by atoms with E-state index in [9.17, 15) is 0 Å². The number of halogens is 1. The molecule has 1 N–H and O–H groups in total. The number of rotatable bonds is 1. The third kappa shape index (κ3) is 1.57. The van der Waals surface area contributed by atoms with Crippen LogP contribution in [0, 0.1) is 0 Å². The van der Waals surface area contributed by atoms with Gasteiger partial charge in [-0.1, -0.05) is 6.07 Å². The Morgan fingerprint density at radius 1 is 1.50 bits per heavy atom. The Labute approximate surface area is 103 Å². The van der Waals surface area contributed by atoms with Crippen molar-refractivity contribution in [2.45, 2.75) is 18.9 Å². The standard InChI is InChI=1S/C12H14BrN3/c1-16-11-5-4-8(10-3-2-6-14-10)7-9(11)12(13)15-16/h4-5,7,10,14H,2-3,6H2,1H3. The normalized spacial score (nSPS) is 20.8. The zero-order valence-corrected chi connectivity index (χ0v) is 10.8. The molecule has 1 saturated heterocycles. The van der Waals surface area contributed by atoms with Gasteiger partial charge in [-0.3, -0.25) is 4.68 Å². The first-order valence-corrected chi connectivity index (χ1v) is 6.40. The van der Waals surface area contributed by atoms with E-state index in [1.807, 2.05) is 11.7 Å². The largest absolute Gasteiger partial charge is 0.310 e. The van der Waals surface area contributed by atoms with E-state index in [0.717, 1.165) is 11.1 Å². The molecule has 0 spiro atoms. The molecule has 4 heteroatoms. The summed E-state index contributed by atoms with van der Waals surface area (Å²) in [4.78, 5) is 0. The third-order valence-electron chi connectivity index (χ3n) is 3.29. The summed E-state index contributed by atoms with van der Waals surface area (Å²) < 4.78 is 2.84. The molecule has 1 unspecified atom stereocenters. The minimum atomic E-state index is 0.525. The van der Waals surface area contributed by atoms with Gasteiger partial charge in [0.25, 0.3) is 0 Å². The predicted octanol–water partition coefficient (Wildman–Crippen LogP) is 2.76. The van der Waals surface area contributed by atoms with Crippen LogP contribution in [-0.2, 0) is 7.05 Å². The fourth-order valence-electron chi connectivity index (χ4n) is 2.43. The van der Waals surface area contributed by atoms with Gasteiger partial charge in [-0.25, -0.2) is 0 Å². The minimum Gasteiger partial charge on any atom is -0.310 e. The summed E-state index contributed by atoms with van der Waals surface area (Å²) >= 11 is 3.51. The van der Waals surface area contributed by atoms with Crippen LogP contribution in [0.5, 0.6) is 0 Å². The van der Waals surface area contributed by atoms with E-state index in [0.29, 0.717) is 6.04 Å². The van der Waals surface area contributed by atoms with Crippen LogP contribution in [0.2, 0.25) is 0 Å². The van der Waals surface area contributed by atoms with Gasteiger partial charge in [-0.15, -0.1) is 0 Å². The number of fused-ring (bicyclic) bond motifs is 1. The predicted molar refractivity (Wildman–Crippen MR) is 68.4 cm³/mol. The number of hydrogen-bond donors (Lipinski definition) is 1. The number of aryl methyl sites for hydroxylation is 1. The van der Waals surface area contributed by atoms with Crippen LogP contribution in [-0.4, -0.2) is 16.3 Å². The number of benzene rings is 1. The molecule has 1 aliphatic rings. The average Bonchev–Trinajstić information content (AvgIpc) is 2.88. The Kier molecular flexibility index (Phi) is 2.48. The van der Waals surface area contributed by atoms with E-state index in [2.05, 4.69) is 44.5 Å². The van der Waals surface area contributed by atoms with E-state index >= 15 is 0 Å². The first-order valence-electron chi connectivity index (χ1n) is 5.61. The highest BCUT2D eigenvalue weighted by molar-refractivity contribution is 9.10. The summed E-state index contributed by atoms with van der Waals surface area (Å²) in [6.45, 7) is 1.14. The maximum absolute atomic E-state index is 4.37. The van der Waals surface area contributed by atoms with Crippen molar-refractivity contribution in [3.63, 3.8) is 0 Å². The highest BCUT2D eigenvalue weighted by Gasteiger charge is 2.17. The smallest absolute Gasteiger partial charge is 0.135 e. The molecular weight excluding hydrogens is 266 g/mol. The van der Waals surface area contributed by atoms with Crippen molar-refractivity contribution in [3.8, 4) is 0 Å². The van der Waals surface area contributed by atoms with E-state index in [1.54, 1.807) is 0 Å². The molecule has 1 aromatic carbocycles. The van der Waals surface area contributed by atoms with Crippen LogP contribution in [0.25, 0.3) is 10.9 Å². The molecule has 16 heavy (non-hydrogen) atoms. The molecule has 3 rings (SSSR count). The summed E-state index contributed by atoms with van der Waals surface area (Å²) in [5, 5.41) is 9.09. The Hall–Kier alpha value is -0.870. The molecule has 2 aromatic rings. The number of nitrogens with zero attached hydrogens (tertiary/aromatic N) is 2. The van der Waals surface area contributed by atoms with E-state index in [4.69, 9.17) is 0 Å². The molecule has 1 atom stereocenters. The Bertz CT molecular complexity index is 526. The van der Waals surface area contributed by atoms with Gasteiger partial charge in [-0.05, 0) is 53.0 Å². The van der Waals surface area contributed by atoms with Crippen molar-refractivity contribution < 1.29 is 0 Å². The Morgan fingerprint density at radius 2 is 2.38 bits per heavy atom. The third-order valence-corrected chi connectivity index (χ3v) is 3.88. The first-order chi connectivity index (χ1) is 7.75. The number of nitrogens with one attached hydrogen (secondary N) is 1. The van der Waals surface area contributed by atoms with Gasteiger partial charge in [0.15, 0.2) is 0 Å². The SMILES string of the molecule is Cn1nc(Br)c2cc(C3CCCN3)ccc21. The molecule has 0 radical (unpaired) electrons. The first kappa shape index (κ1) is 10.3. The number of hydrogen-bond acceptors (Lipinski definition) is 2. The Balaban J connectivity index is 2.11. The van der Waals surface area contributed by atoms with Gasteiger partial charge in [0.2, 0.25) is 0 Å². The summed E-state index contributed by atoms with van der Waals surface area (Å²) in [6.07, 6.45) is 2.51. The number of aromatic nitrogens is 2. The van der Waals surface area contributed by atoms with Gasteiger partial charge in [0.05, 0.1) is 5.52 Å². The van der Waals surface area contributed by atoms with E-state index < -0.39 is 0 Å². The summed E-state index contributed by atoms with van der Waals surface area (Å²) in [5.74, 6) is 0. The summed E-state index contributed by atoms with van der Waals surface area (Å²) in [7, 11) is 1.97. The van der Waals surface area contributed by atoms with E-state index in [-0.39, 0.29) is 0 Å². The van der Waals surface area contributed by atoms with Crippen LogP contribution in [0.1, 0.15) is 24.4 Å². The minimum absolute atomic E-state index is 0.525. The molecule has 0 aliphatic carbocycles. The molecule has 84 valence electrons. The van der Waals surface area contributed by atoms with Crippen molar-refractivity contribution in [3.05, 3.63) is 28.4 Å². The topological polar surface area (TPSA) is 29.9 Å². The van der Waals surface area contributed by atoms with Gasteiger partial charge in [0.1, 0.15) is 4.60 Å². The molecule has 0 amide bonds. The molecule has 3 nitrogen and oxygen atoms in total. The zero-order valence-electron chi connectivity index (χ0n) is 9.20. The van der Waals surface area contributed by atoms with Crippen molar-refractivity contribution in [1.82, 2.24) is 15.1 Å². The van der Waals surface area contributed by atoms with Gasteiger partial charge in [-0.2, -0.15) is 5.10 Å². The molecule has 1 aliphatic heterocycles.